The van der Waals surface area contributed by atoms with Crippen LogP contribution in [0.5, 0.6) is 11.5 Å². The van der Waals surface area contributed by atoms with Crippen molar-refractivity contribution in [2.75, 3.05) is 20.8 Å². The second-order valence-electron chi connectivity index (χ2n) is 6.86. The molecule has 2 fully saturated rings. The van der Waals surface area contributed by atoms with Gasteiger partial charge in [-0.15, -0.1) is 0 Å². The largest absolute Gasteiger partial charge is 0.497 e. The first-order valence-corrected chi connectivity index (χ1v) is 8.94. The third-order valence-corrected chi connectivity index (χ3v) is 4.99. The number of methoxy groups -OCH3 is 2. The van der Waals surface area contributed by atoms with Gasteiger partial charge in [-0.1, -0.05) is 12.8 Å². The van der Waals surface area contributed by atoms with Crippen LogP contribution in [-0.4, -0.2) is 43.7 Å². The minimum absolute atomic E-state index is 0.149. The molecule has 0 atom stereocenters. The van der Waals surface area contributed by atoms with Gasteiger partial charge in [0.25, 0.3) is 0 Å². The van der Waals surface area contributed by atoms with Crippen LogP contribution in [0.15, 0.2) is 18.2 Å². The molecular weight excluding hydrogens is 304 g/mol. The van der Waals surface area contributed by atoms with Crippen LogP contribution in [0.3, 0.4) is 0 Å². The van der Waals surface area contributed by atoms with Gasteiger partial charge in [0.15, 0.2) is 0 Å². The van der Waals surface area contributed by atoms with Crippen molar-refractivity contribution < 1.29 is 14.3 Å². The lowest BCUT2D eigenvalue weighted by atomic mass is 10.1. The van der Waals surface area contributed by atoms with Crippen molar-refractivity contribution in [1.82, 2.24) is 10.2 Å². The zero-order valence-electron chi connectivity index (χ0n) is 14.7. The van der Waals surface area contributed by atoms with E-state index >= 15 is 0 Å². The molecule has 2 saturated carbocycles. The van der Waals surface area contributed by atoms with Crippen LogP contribution < -0.4 is 14.8 Å². The Morgan fingerprint density at radius 1 is 1.17 bits per heavy atom. The first-order chi connectivity index (χ1) is 11.7. The summed E-state index contributed by atoms with van der Waals surface area (Å²) < 4.78 is 10.8. The summed E-state index contributed by atoms with van der Waals surface area (Å²) >= 11 is 0. The number of amides is 1. The minimum atomic E-state index is 0.149. The lowest BCUT2D eigenvalue weighted by Crippen LogP contribution is -2.41. The van der Waals surface area contributed by atoms with Crippen molar-refractivity contribution in [1.29, 1.82) is 0 Å². The smallest absolute Gasteiger partial charge is 0.234 e. The number of hydrogen-bond acceptors (Lipinski definition) is 4. The van der Waals surface area contributed by atoms with Gasteiger partial charge >= 0.3 is 0 Å². The Bertz CT molecular complexity index is 566. The molecule has 5 heteroatoms. The highest BCUT2D eigenvalue weighted by Crippen LogP contribution is 2.31. The fourth-order valence-corrected chi connectivity index (χ4v) is 3.51. The van der Waals surface area contributed by atoms with Gasteiger partial charge in [-0.05, 0) is 43.9 Å². The summed E-state index contributed by atoms with van der Waals surface area (Å²) in [6.07, 6.45) is 7.06. The molecule has 1 amide bonds. The maximum absolute atomic E-state index is 12.4. The second-order valence-corrected chi connectivity index (χ2v) is 6.86. The summed E-state index contributed by atoms with van der Waals surface area (Å²) in [6, 6.07) is 6.72. The third kappa shape index (κ3) is 4.41. The average Bonchev–Trinajstić information content (AvgIpc) is 3.32. The quantitative estimate of drug-likeness (QED) is 0.795. The molecule has 2 aliphatic carbocycles. The van der Waals surface area contributed by atoms with E-state index < -0.39 is 0 Å². The highest BCUT2D eigenvalue weighted by Gasteiger charge is 2.31. The molecule has 0 saturated heterocycles. The number of hydrogen-bond donors (Lipinski definition) is 1. The lowest BCUT2D eigenvalue weighted by molar-refractivity contribution is -0.123. The molecule has 1 N–H and O–H groups in total. The Morgan fingerprint density at radius 3 is 2.54 bits per heavy atom. The van der Waals surface area contributed by atoms with Crippen LogP contribution in [0.1, 0.15) is 44.1 Å². The van der Waals surface area contributed by atoms with Crippen LogP contribution in [0, 0.1) is 0 Å². The Balaban J connectivity index is 1.64. The SMILES string of the molecule is COc1ccc(OC)c(CN(CC(=O)NC2CCCC2)C2CC2)c1. The monoisotopic (exact) mass is 332 g/mol. The first kappa shape index (κ1) is 17.1. The Morgan fingerprint density at radius 2 is 1.92 bits per heavy atom. The van der Waals surface area contributed by atoms with E-state index in [1.54, 1.807) is 14.2 Å². The van der Waals surface area contributed by atoms with Crippen molar-refractivity contribution in [2.45, 2.75) is 57.2 Å². The second kappa shape index (κ2) is 7.88. The van der Waals surface area contributed by atoms with E-state index in [1.165, 1.54) is 25.7 Å². The summed E-state index contributed by atoms with van der Waals surface area (Å²) in [4.78, 5) is 14.7. The van der Waals surface area contributed by atoms with Crippen molar-refractivity contribution >= 4 is 5.91 Å². The summed E-state index contributed by atoms with van der Waals surface area (Å²) in [6.45, 7) is 1.17. The van der Waals surface area contributed by atoms with Crippen LogP contribution in [-0.2, 0) is 11.3 Å². The van der Waals surface area contributed by atoms with Crippen molar-refractivity contribution in [3.05, 3.63) is 23.8 Å². The number of rotatable bonds is 8. The van der Waals surface area contributed by atoms with E-state index in [0.29, 0.717) is 25.2 Å². The molecule has 132 valence electrons. The highest BCUT2D eigenvalue weighted by molar-refractivity contribution is 5.78. The molecule has 0 bridgehead atoms. The molecule has 0 aromatic heterocycles. The van der Waals surface area contributed by atoms with Crippen molar-refractivity contribution in [2.24, 2.45) is 0 Å². The summed E-state index contributed by atoms with van der Waals surface area (Å²) in [5, 5.41) is 3.19. The summed E-state index contributed by atoms with van der Waals surface area (Å²) in [7, 11) is 3.35. The van der Waals surface area contributed by atoms with Gasteiger partial charge in [0.1, 0.15) is 11.5 Å². The maximum atomic E-state index is 12.4. The molecular formula is C19H28N2O3. The van der Waals surface area contributed by atoms with Gasteiger partial charge in [0, 0.05) is 24.2 Å². The molecule has 0 radical (unpaired) electrons. The number of nitrogens with zero attached hydrogens (tertiary/aromatic N) is 1. The lowest BCUT2D eigenvalue weighted by Gasteiger charge is -2.24. The number of benzene rings is 1. The van der Waals surface area contributed by atoms with E-state index in [-0.39, 0.29) is 5.91 Å². The summed E-state index contributed by atoms with van der Waals surface area (Å²) in [5.74, 6) is 1.81. The molecule has 0 heterocycles. The zero-order valence-corrected chi connectivity index (χ0v) is 14.7. The average molecular weight is 332 g/mol. The van der Waals surface area contributed by atoms with E-state index in [0.717, 1.165) is 29.9 Å². The third-order valence-electron chi connectivity index (χ3n) is 4.99. The fraction of sp³-hybridized carbons (Fsp3) is 0.632. The molecule has 1 aromatic rings. The van der Waals surface area contributed by atoms with E-state index in [9.17, 15) is 4.79 Å². The predicted molar refractivity (Wildman–Crippen MR) is 93.4 cm³/mol. The van der Waals surface area contributed by atoms with Gasteiger partial charge < -0.3 is 14.8 Å². The van der Waals surface area contributed by atoms with Crippen LogP contribution >= 0.6 is 0 Å². The van der Waals surface area contributed by atoms with E-state index in [2.05, 4.69) is 10.2 Å². The van der Waals surface area contributed by atoms with E-state index in [4.69, 9.17) is 9.47 Å². The predicted octanol–water partition coefficient (Wildman–Crippen LogP) is 2.73. The maximum Gasteiger partial charge on any atom is 0.234 e. The molecule has 0 aliphatic heterocycles. The zero-order chi connectivity index (χ0) is 16.9. The van der Waals surface area contributed by atoms with Gasteiger partial charge in [-0.25, -0.2) is 0 Å². The first-order valence-electron chi connectivity index (χ1n) is 8.94. The Kier molecular flexibility index (Phi) is 5.61. The molecule has 0 spiro atoms. The molecule has 1 aromatic carbocycles. The van der Waals surface area contributed by atoms with Gasteiger partial charge in [-0.2, -0.15) is 0 Å². The number of ether oxygens (including phenoxy) is 2. The van der Waals surface area contributed by atoms with Crippen molar-refractivity contribution in [3.8, 4) is 11.5 Å². The van der Waals surface area contributed by atoms with Gasteiger partial charge in [-0.3, -0.25) is 9.69 Å². The van der Waals surface area contributed by atoms with Crippen LogP contribution in [0.25, 0.3) is 0 Å². The minimum Gasteiger partial charge on any atom is -0.497 e. The van der Waals surface area contributed by atoms with Crippen molar-refractivity contribution in [3.63, 3.8) is 0 Å². The topological polar surface area (TPSA) is 50.8 Å². The van der Waals surface area contributed by atoms with Gasteiger partial charge in [0.05, 0.1) is 20.8 Å². The number of carbonyl (C=O) groups is 1. The fourth-order valence-electron chi connectivity index (χ4n) is 3.51. The van der Waals surface area contributed by atoms with Crippen LogP contribution in [0.2, 0.25) is 0 Å². The highest BCUT2D eigenvalue weighted by atomic mass is 16.5. The molecule has 5 nitrogen and oxygen atoms in total. The van der Waals surface area contributed by atoms with Crippen LogP contribution in [0.4, 0.5) is 0 Å². The van der Waals surface area contributed by atoms with E-state index in [1.807, 2.05) is 18.2 Å². The van der Waals surface area contributed by atoms with Gasteiger partial charge in [0.2, 0.25) is 5.91 Å². The molecule has 2 aliphatic rings. The molecule has 3 rings (SSSR count). The number of carbonyl (C=O) groups excluding carboxylic acids is 1. The Labute approximate surface area is 144 Å². The standard InChI is InChI=1S/C19H28N2O3/c1-23-17-9-10-18(24-2)14(11-17)12-21(16-7-8-16)13-19(22)20-15-5-3-4-6-15/h9-11,15-16H,3-8,12-13H2,1-2H3,(H,20,22). The molecule has 24 heavy (non-hydrogen) atoms. The summed E-state index contributed by atoms with van der Waals surface area (Å²) in [5.41, 5.74) is 1.07. The molecule has 0 unspecified atom stereocenters. The number of nitrogens with one attached hydrogen (secondary N) is 1. The Hall–Kier alpha value is -1.75. The normalized spacial score (nSPS) is 18.0.